The molecule has 4 aromatic carbocycles. The zero-order valence-corrected chi connectivity index (χ0v) is 17.4. The highest BCUT2D eigenvalue weighted by atomic mass is 35.5. The fraction of sp³-hybridized carbons (Fsp3) is 0.0400. The van der Waals surface area contributed by atoms with E-state index in [2.05, 4.69) is 18.2 Å². The smallest absolute Gasteiger partial charge is 0.268 e. The Morgan fingerprint density at radius 3 is 2.17 bits per heavy atom. The number of hydrogen-bond acceptors (Lipinski definition) is 3. The number of benzene rings is 4. The number of rotatable bonds is 3. The third-order valence-electron chi connectivity index (χ3n) is 5.19. The van der Waals surface area contributed by atoms with Crippen LogP contribution in [-0.2, 0) is 11.3 Å². The van der Waals surface area contributed by atoms with E-state index in [0.717, 1.165) is 44.4 Å². The number of thioether (sulfide) groups is 1. The lowest BCUT2D eigenvalue weighted by molar-refractivity contribution is -0.123. The normalized spacial score (nSPS) is 15.6. The van der Waals surface area contributed by atoms with Crippen molar-refractivity contribution in [2.45, 2.75) is 6.54 Å². The first-order chi connectivity index (χ1) is 14.6. The first-order valence-electron chi connectivity index (χ1n) is 9.50. The summed E-state index contributed by atoms with van der Waals surface area (Å²) >= 11 is 7.03. The van der Waals surface area contributed by atoms with Gasteiger partial charge in [0.05, 0.1) is 11.4 Å². The molecule has 0 aliphatic carbocycles. The molecule has 2 amide bonds. The van der Waals surface area contributed by atoms with Gasteiger partial charge in [0.1, 0.15) is 0 Å². The Hall–Kier alpha value is -3.08. The maximum Gasteiger partial charge on any atom is 0.293 e. The number of fused-ring (bicyclic) bond motifs is 2. The predicted molar refractivity (Wildman–Crippen MR) is 124 cm³/mol. The second-order valence-corrected chi connectivity index (χ2v) is 8.56. The van der Waals surface area contributed by atoms with Crippen molar-refractivity contribution in [2.24, 2.45) is 0 Å². The van der Waals surface area contributed by atoms with Crippen LogP contribution >= 0.6 is 23.4 Å². The lowest BCUT2D eigenvalue weighted by atomic mass is 9.96. The summed E-state index contributed by atoms with van der Waals surface area (Å²) in [4.78, 5) is 27.4. The third kappa shape index (κ3) is 3.38. The fourth-order valence-corrected chi connectivity index (χ4v) is 4.82. The van der Waals surface area contributed by atoms with Crippen molar-refractivity contribution in [3.63, 3.8) is 0 Å². The number of carbonyl (C=O) groups excluding carboxylic acids is 2. The standard InChI is InChI=1S/C25H16ClNO2S/c26-19-9-5-6-16(12-19)15-27-24(28)23(30-25(27)29)14-22-20-10-3-1-7-17(20)13-18-8-2-4-11-21(18)22/h1-14H,15H2/b23-14-. The highest BCUT2D eigenvalue weighted by Crippen LogP contribution is 2.37. The van der Waals surface area contributed by atoms with Crippen molar-refractivity contribution in [1.82, 2.24) is 4.90 Å². The number of imide groups is 1. The molecule has 0 atom stereocenters. The SMILES string of the molecule is O=C1S/C(=C\c2c3ccccc3cc3ccccc23)C(=O)N1Cc1cccc(Cl)c1. The second kappa shape index (κ2) is 7.63. The minimum Gasteiger partial charge on any atom is -0.268 e. The Morgan fingerprint density at radius 1 is 0.833 bits per heavy atom. The van der Waals surface area contributed by atoms with Gasteiger partial charge in [-0.3, -0.25) is 14.5 Å². The summed E-state index contributed by atoms with van der Waals surface area (Å²) in [6.45, 7) is 0.207. The monoisotopic (exact) mass is 429 g/mol. The molecule has 0 bridgehead atoms. The molecule has 0 N–H and O–H groups in total. The first kappa shape index (κ1) is 18.9. The van der Waals surface area contributed by atoms with Gasteiger partial charge in [-0.25, -0.2) is 0 Å². The highest BCUT2D eigenvalue weighted by Gasteiger charge is 2.35. The van der Waals surface area contributed by atoms with Crippen molar-refractivity contribution >= 4 is 62.1 Å². The maximum absolute atomic E-state index is 13.1. The van der Waals surface area contributed by atoms with Crippen LogP contribution in [0.4, 0.5) is 4.79 Å². The Balaban J connectivity index is 1.59. The quantitative estimate of drug-likeness (QED) is 0.263. The van der Waals surface area contributed by atoms with Crippen LogP contribution in [0.5, 0.6) is 0 Å². The van der Waals surface area contributed by atoms with Crippen LogP contribution < -0.4 is 0 Å². The molecule has 3 nitrogen and oxygen atoms in total. The van der Waals surface area contributed by atoms with Crippen LogP contribution in [0, 0.1) is 0 Å². The summed E-state index contributed by atoms with van der Waals surface area (Å²) in [7, 11) is 0. The molecule has 5 heteroatoms. The highest BCUT2D eigenvalue weighted by molar-refractivity contribution is 8.18. The van der Waals surface area contributed by atoms with Gasteiger partial charge < -0.3 is 0 Å². The van der Waals surface area contributed by atoms with E-state index in [1.165, 1.54) is 4.90 Å². The Labute approximate surface area is 182 Å². The summed E-state index contributed by atoms with van der Waals surface area (Å²) in [6, 6.07) is 25.5. The minimum absolute atomic E-state index is 0.207. The van der Waals surface area contributed by atoms with Crippen LogP contribution in [0.1, 0.15) is 11.1 Å². The average Bonchev–Trinajstić information content (AvgIpc) is 3.01. The predicted octanol–water partition coefficient (Wildman–Crippen LogP) is 6.88. The lowest BCUT2D eigenvalue weighted by Crippen LogP contribution is -2.27. The summed E-state index contributed by atoms with van der Waals surface area (Å²) < 4.78 is 0. The molecule has 1 fully saturated rings. The van der Waals surface area contributed by atoms with E-state index in [0.29, 0.717) is 9.93 Å². The molecule has 1 saturated heterocycles. The molecule has 0 unspecified atom stereocenters. The lowest BCUT2D eigenvalue weighted by Gasteiger charge is -2.12. The zero-order chi connectivity index (χ0) is 20.7. The van der Waals surface area contributed by atoms with E-state index in [-0.39, 0.29) is 17.7 Å². The fourth-order valence-electron chi connectivity index (χ4n) is 3.79. The molecule has 0 aromatic heterocycles. The van der Waals surface area contributed by atoms with Crippen molar-refractivity contribution in [2.75, 3.05) is 0 Å². The molecule has 146 valence electrons. The number of nitrogens with zero attached hydrogens (tertiary/aromatic N) is 1. The van der Waals surface area contributed by atoms with Crippen molar-refractivity contribution in [3.05, 3.63) is 99.9 Å². The van der Waals surface area contributed by atoms with Gasteiger partial charge >= 0.3 is 0 Å². The maximum atomic E-state index is 13.1. The van der Waals surface area contributed by atoms with E-state index >= 15 is 0 Å². The number of hydrogen-bond donors (Lipinski definition) is 0. The van der Waals surface area contributed by atoms with Crippen LogP contribution in [0.25, 0.3) is 27.6 Å². The molecular formula is C25H16ClNO2S. The van der Waals surface area contributed by atoms with Gasteiger partial charge in [-0.1, -0.05) is 72.3 Å². The van der Waals surface area contributed by atoms with Crippen LogP contribution in [0.2, 0.25) is 5.02 Å². The molecule has 4 aromatic rings. The van der Waals surface area contributed by atoms with Gasteiger partial charge in [-0.05, 0) is 68.7 Å². The molecule has 5 rings (SSSR count). The van der Waals surface area contributed by atoms with E-state index < -0.39 is 0 Å². The minimum atomic E-state index is -0.276. The Morgan fingerprint density at radius 2 is 1.50 bits per heavy atom. The molecule has 1 heterocycles. The van der Waals surface area contributed by atoms with Gasteiger partial charge in [-0.15, -0.1) is 0 Å². The summed E-state index contributed by atoms with van der Waals surface area (Å²) in [5, 5.41) is 4.62. The van der Waals surface area contributed by atoms with Gasteiger partial charge in [0.25, 0.3) is 11.1 Å². The number of halogens is 1. The summed E-state index contributed by atoms with van der Waals surface area (Å²) in [5.74, 6) is -0.276. The van der Waals surface area contributed by atoms with Crippen LogP contribution in [0.15, 0.2) is 83.8 Å². The van der Waals surface area contributed by atoms with Crippen molar-refractivity contribution < 1.29 is 9.59 Å². The summed E-state index contributed by atoms with van der Waals surface area (Å²) in [6.07, 6.45) is 1.85. The van der Waals surface area contributed by atoms with Gasteiger partial charge in [0.2, 0.25) is 0 Å². The molecule has 30 heavy (non-hydrogen) atoms. The zero-order valence-electron chi connectivity index (χ0n) is 15.8. The third-order valence-corrected chi connectivity index (χ3v) is 6.33. The van der Waals surface area contributed by atoms with E-state index in [4.69, 9.17) is 11.6 Å². The molecule has 1 aliphatic rings. The van der Waals surface area contributed by atoms with E-state index in [9.17, 15) is 9.59 Å². The molecule has 0 saturated carbocycles. The van der Waals surface area contributed by atoms with Crippen LogP contribution in [0.3, 0.4) is 0 Å². The molecule has 1 aliphatic heterocycles. The Bertz CT molecular complexity index is 1310. The molecule has 0 radical (unpaired) electrons. The number of amides is 2. The average molecular weight is 430 g/mol. The number of carbonyl (C=O) groups is 2. The van der Waals surface area contributed by atoms with Gasteiger partial charge in [0.15, 0.2) is 0 Å². The second-order valence-electron chi connectivity index (χ2n) is 7.13. The van der Waals surface area contributed by atoms with Crippen LogP contribution in [-0.4, -0.2) is 16.0 Å². The topological polar surface area (TPSA) is 37.4 Å². The van der Waals surface area contributed by atoms with Crippen molar-refractivity contribution in [1.29, 1.82) is 0 Å². The largest absolute Gasteiger partial charge is 0.293 e. The molecule has 0 spiro atoms. The molecular weight excluding hydrogens is 414 g/mol. The van der Waals surface area contributed by atoms with Gasteiger partial charge in [0, 0.05) is 5.02 Å². The Kier molecular flexibility index (Phi) is 4.81. The van der Waals surface area contributed by atoms with Gasteiger partial charge in [-0.2, -0.15) is 0 Å². The van der Waals surface area contributed by atoms with E-state index in [1.54, 1.807) is 12.1 Å². The summed E-state index contributed by atoms with van der Waals surface area (Å²) in [5.41, 5.74) is 1.78. The van der Waals surface area contributed by atoms with E-state index in [1.807, 2.05) is 54.6 Å². The first-order valence-corrected chi connectivity index (χ1v) is 10.7. The van der Waals surface area contributed by atoms with Crippen molar-refractivity contribution in [3.8, 4) is 0 Å².